The predicted octanol–water partition coefficient (Wildman–Crippen LogP) is 4.10. The Kier molecular flexibility index (Phi) is 3.04. The number of halogens is 3. The third-order valence-electron chi connectivity index (χ3n) is 2.83. The molecule has 108 valence electrons. The molecule has 0 aliphatic rings. The van der Waals surface area contributed by atoms with E-state index in [-0.39, 0.29) is 5.75 Å². The van der Waals surface area contributed by atoms with Crippen LogP contribution in [-0.4, -0.2) is 16.3 Å². The summed E-state index contributed by atoms with van der Waals surface area (Å²) >= 11 is 0. The first-order valence-corrected chi connectivity index (χ1v) is 5.99. The zero-order chi connectivity index (χ0) is 15.0. The quantitative estimate of drug-likeness (QED) is 0.714. The van der Waals surface area contributed by atoms with Crippen LogP contribution in [0.5, 0.6) is 5.75 Å². The summed E-state index contributed by atoms with van der Waals surface area (Å²) < 4.78 is 45.4. The van der Waals surface area contributed by atoms with Crippen LogP contribution in [0.1, 0.15) is 5.69 Å². The number of fused-ring (bicyclic) bond motifs is 1. The number of nitrogens with zero attached hydrogens (tertiary/aromatic N) is 2. The molecule has 0 N–H and O–H groups in total. The minimum Gasteiger partial charge on any atom is -0.425 e. The SMILES string of the molecule is Cc1cc(-c2ccc(OC(F)(F)F)cc2)c2ncoc2n1. The average molecular weight is 294 g/mol. The number of rotatable bonds is 2. The van der Waals surface area contributed by atoms with E-state index >= 15 is 0 Å². The van der Waals surface area contributed by atoms with Crippen LogP contribution < -0.4 is 4.74 Å². The van der Waals surface area contributed by atoms with Crippen LogP contribution in [0.3, 0.4) is 0 Å². The van der Waals surface area contributed by atoms with E-state index in [4.69, 9.17) is 4.42 Å². The van der Waals surface area contributed by atoms with Gasteiger partial charge in [0.05, 0.1) is 0 Å². The number of oxazole rings is 1. The van der Waals surface area contributed by atoms with Crippen molar-refractivity contribution < 1.29 is 22.3 Å². The van der Waals surface area contributed by atoms with E-state index in [0.29, 0.717) is 16.8 Å². The molecule has 21 heavy (non-hydrogen) atoms. The Morgan fingerprint density at radius 3 is 2.52 bits per heavy atom. The number of benzene rings is 1. The van der Waals surface area contributed by atoms with Gasteiger partial charge in [0.1, 0.15) is 11.3 Å². The lowest BCUT2D eigenvalue weighted by molar-refractivity contribution is -0.274. The highest BCUT2D eigenvalue weighted by atomic mass is 19.4. The Balaban J connectivity index is 2.01. The van der Waals surface area contributed by atoms with Gasteiger partial charge in [-0.05, 0) is 30.7 Å². The highest BCUT2D eigenvalue weighted by Crippen LogP contribution is 2.30. The molecule has 3 aromatic rings. The molecule has 3 rings (SSSR count). The van der Waals surface area contributed by atoms with E-state index < -0.39 is 6.36 Å². The summed E-state index contributed by atoms with van der Waals surface area (Å²) in [5.74, 6) is -0.270. The Morgan fingerprint density at radius 2 is 1.86 bits per heavy atom. The summed E-state index contributed by atoms with van der Waals surface area (Å²) in [6, 6.07) is 7.37. The molecule has 2 heterocycles. The van der Waals surface area contributed by atoms with Gasteiger partial charge in [-0.2, -0.15) is 0 Å². The first-order chi connectivity index (χ1) is 9.92. The number of hydrogen-bond donors (Lipinski definition) is 0. The molecular formula is C14H9F3N2O2. The Morgan fingerprint density at radius 1 is 1.14 bits per heavy atom. The van der Waals surface area contributed by atoms with Crippen molar-refractivity contribution in [3.8, 4) is 16.9 Å². The lowest BCUT2D eigenvalue weighted by Crippen LogP contribution is -2.16. The van der Waals surface area contributed by atoms with Crippen LogP contribution in [0.15, 0.2) is 41.1 Å². The van der Waals surface area contributed by atoms with Gasteiger partial charge in [-0.3, -0.25) is 0 Å². The summed E-state index contributed by atoms with van der Waals surface area (Å²) in [5.41, 5.74) is 3.12. The summed E-state index contributed by atoms with van der Waals surface area (Å²) in [5, 5.41) is 0. The topological polar surface area (TPSA) is 48.2 Å². The van der Waals surface area contributed by atoms with E-state index in [1.54, 1.807) is 13.0 Å². The number of aromatic nitrogens is 2. The molecule has 2 aromatic heterocycles. The molecule has 7 heteroatoms. The highest BCUT2D eigenvalue weighted by molar-refractivity contribution is 5.88. The van der Waals surface area contributed by atoms with Crippen molar-refractivity contribution in [2.75, 3.05) is 0 Å². The zero-order valence-electron chi connectivity index (χ0n) is 10.8. The van der Waals surface area contributed by atoms with Crippen LogP contribution in [0.25, 0.3) is 22.4 Å². The minimum atomic E-state index is -4.70. The molecule has 0 fully saturated rings. The second-order valence-electron chi connectivity index (χ2n) is 4.39. The molecular weight excluding hydrogens is 285 g/mol. The van der Waals surface area contributed by atoms with Crippen LogP contribution in [0, 0.1) is 6.92 Å². The number of ether oxygens (including phenoxy) is 1. The first-order valence-electron chi connectivity index (χ1n) is 5.99. The van der Waals surface area contributed by atoms with Gasteiger partial charge in [-0.1, -0.05) is 12.1 Å². The average Bonchev–Trinajstić information content (AvgIpc) is 2.85. The maximum atomic E-state index is 12.1. The Labute approximate surface area is 117 Å². The maximum Gasteiger partial charge on any atom is 0.573 e. The van der Waals surface area contributed by atoms with Gasteiger partial charge in [0.25, 0.3) is 0 Å². The fraction of sp³-hybridized carbons (Fsp3) is 0.143. The standard InChI is InChI=1S/C14H9F3N2O2/c1-8-6-11(12-13(19-8)20-7-18-12)9-2-4-10(5-3-9)21-14(15,16)17/h2-7H,1H3. The Hall–Kier alpha value is -2.57. The fourth-order valence-corrected chi connectivity index (χ4v) is 2.03. The molecule has 0 bridgehead atoms. The van der Waals surface area contributed by atoms with Gasteiger partial charge in [-0.25, -0.2) is 9.97 Å². The summed E-state index contributed by atoms with van der Waals surface area (Å²) in [6.45, 7) is 1.80. The Bertz CT molecular complexity index is 779. The van der Waals surface area contributed by atoms with Crippen LogP contribution in [-0.2, 0) is 0 Å². The predicted molar refractivity (Wildman–Crippen MR) is 68.7 cm³/mol. The van der Waals surface area contributed by atoms with Crippen molar-refractivity contribution >= 4 is 11.2 Å². The molecule has 1 aromatic carbocycles. The van der Waals surface area contributed by atoms with E-state index in [1.807, 2.05) is 0 Å². The van der Waals surface area contributed by atoms with Gasteiger partial charge in [0.15, 0.2) is 6.39 Å². The van der Waals surface area contributed by atoms with Crippen molar-refractivity contribution in [2.24, 2.45) is 0 Å². The van der Waals surface area contributed by atoms with E-state index in [2.05, 4.69) is 14.7 Å². The van der Waals surface area contributed by atoms with Crippen molar-refractivity contribution in [3.63, 3.8) is 0 Å². The van der Waals surface area contributed by atoms with Crippen LogP contribution >= 0.6 is 0 Å². The summed E-state index contributed by atoms with van der Waals surface area (Å²) in [7, 11) is 0. The minimum absolute atomic E-state index is 0.270. The number of hydrogen-bond acceptors (Lipinski definition) is 4. The summed E-state index contributed by atoms with van der Waals surface area (Å²) in [6.07, 6.45) is -3.42. The van der Waals surface area contributed by atoms with Crippen LogP contribution in [0.4, 0.5) is 13.2 Å². The van der Waals surface area contributed by atoms with Gasteiger partial charge in [-0.15, -0.1) is 13.2 Å². The molecule has 0 aliphatic heterocycles. The third kappa shape index (κ3) is 2.81. The lowest BCUT2D eigenvalue weighted by Gasteiger charge is -2.09. The first kappa shape index (κ1) is 13.4. The maximum absolute atomic E-state index is 12.1. The van der Waals surface area contributed by atoms with E-state index in [1.165, 1.54) is 30.7 Å². The van der Waals surface area contributed by atoms with Crippen molar-refractivity contribution in [1.29, 1.82) is 0 Å². The highest BCUT2D eigenvalue weighted by Gasteiger charge is 2.31. The molecule has 0 spiro atoms. The second kappa shape index (κ2) is 4.76. The molecule has 0 unspecified atom stereocenters. The van der Waals surface area contributed by atoms with Crippen molar-refractivity contribution in [2.45, 2.75) is 13.3 Å². The second-order valence-corrected chi connectivity index (χ2v) is 4.39. The van der Waals surface area contributed by atoms with Crippen molar-refractivity contribution in [3.05, 3.63) is 42.4 Å². The number of alkyl halides is 3. The van der Waals surface area contributed by atoms with Gasteiger partial charge >= 0.3 is 6.36 Å². The molecule has 0 amide bonds. The largest absolute Gasteiger partial charge is 0.573 e. The molecule has 0 radical (unpaired) electrons. The van der Waals surface area contributed by atoms with Crippen molar-refractivity contribution in [1.82, 2.24) is 9.97 Å². The van der Waals surface area contributed by atoms with Crippen LogP contribution in [0.2, 0.25) is 0 Å². The zero-order valence-corrected chi connectivity index (χ0v) is 10.8. The fourth-order valence-electron chi connectivity index (χ4n) is 2.03. The van der Waals surface area contributed by atoms with E-state index in [9.17, 15) is 13.2 Å². The number of aryl methyl sites for hydroxylation is 1. The summed E-state index contributed by atoms with van der Waals surface area (Å²) in [4.78, 5) is 8.26. The lowest BCUT2D eigenvalue weighted by atomic mass is 10.0. The smallest absolute Gasteiger partial charge is 0.425 e. The number of pyridine rings is 1. The molecule has 0 aliphatic carbocycles. The third-order valence-corrected chi connectivity index (χ3v) is 2.83. The molecule has 0 saturated heterocycles. The molecule has 0 saturated carbocycles. The molecule has 0 atom stereocenters. The van der Waals surface area contributed by atoms with Gasteiger partial charge in [0, 0.05) is 11.3 Å². The van der Waals surface area contributed by atoms with Gasteiger partial charge in [0.2, 0.25) is 5.71 Å². The molecule has 4 nitrogen and oxygen atoms in total. The monoisotopic (exact) mass is 294 g/mol. The van der Waals surface area contributed by atoms with Gasteiger partial charge < -0.3 is 9.15 Å². The normalized spacial score (nSPS) is 11.8. The van der Waals surface area contributed by atoms with E-state index in [0.717, 1.165) is 11.3 Å².